The molecule has 0 unspecified atom stereocenters. The summed E-state index contributed by atoms with van der Waals surface area (Å²) in [6.45, 7) is 0. The van der Waals surface area contributed by atoms with Crippen molar-refractivity contribution in [2.24, 2.45) is 0 Å². The van der Waals surface area contributed by atoms with E-state index in [1.54, 1.807) is 19.4 Å². The summed E-state index contributed by atoms with van der Waals surface area (Å²) in [5.74, 6) is 1.09. The number of benzene rings is 1. The Labute approximate surface area is 112 Å². The predicted molar refractivity (Wildman–Crippen MR) is 73.2 cm³/mol. The zero-order valence-electron chi connectivity index (χ0n) is 11.2. The molecule has 0 radical (unpaired) electrons. The van der Waals surface area contributed by atoms with Crippen molar-refractivity contribution >= 4 is 10.8 Å². The predicted octanol–water partition coefficient (Wildman–Crippen LogP) is 2.84. The highest BCUT2D eigenvalue weighted by atomic mass is 16.5. The third kappa shape index (κ3) is 1.79. The molecule has 4 heteroatoms. The molecule has 1 aliphatic rings. The first-order chi connectivity index (χ1) is 9.26. The van der Waals surface area contributed by atoms with Crippen molar-refractivity contribution in [3.8, 4) is 17.2 Å². The second-order valence-corrected chi connectivity index (χ2v) is 4.82. The van der Waals surface area contributed by atoms with Crippen LogP contribution in [0.3, 0.4) is 0 Å². The molecule has 0 saturated heterocycles. The molecule has 0 aliphatic heterocycles. The molecule has 2 aromatic rings. The fraction of sp³-hybridized carbons (Fsp3) is 0.400. The van der Waals surface area contributed by atoms with E-state index in [0.717, 1.165) is 29.3 Å². The van der Waals surface area contributed by atoms with E-state index >= 15 is 0 Å². The first-order valence-corrected chi connectivity index (χ1v) is 6.50. The fourth-order valence-corrected chi connectivity index (χ4v) is 2.90. The Bertz CT molecular complexity index is 637. The summed E-state index contributed by atoms with van der Waals surface area (Å²) in [5.41, 5.74) is 2.38. The lowest BCUT2D eigenvalue weighted by atomic mass is 9.91. The van der Waals surface area contributed by atoms with Gasteiger partial charge in [-0.25, -0.2) is 0 Å². The number of aryl methyl sites for hydroxylation is 2. The molecule has 1 aromatic carbocycles. The molecule has 1 N–H and O–H groups in total. The Morgan fingerprint density at radius 2 is 1.84 bits per heavy atom. The zero-order valence-corrected chi connectivity index (χ0v) is 11.2. The number of nitrogens with zero attached hydrogens (tertiary/aromatic N) is 1. The number of pyridine rings is 1. The van der Waals surface area contributed by atoms with Gasteiger partial charge in [0.1, 0.15) is 0 Å². The average molecular weight is 259 g/mol. The number of ether oxygens (including phenoxy) is 2. The van der Waals surface area contributed by atoms with Crippen LogP contribution in [0.5, 0.6) is 17.2 Å². The van der Waals surface area contributed by atoms with Crippen LogP contribution in [0, 0.1) is 0 Å². The SMILES string of the molecule is COc1c(O)cc2cnc3c(c2c1OC)CCCC3. The van der Waals surface area contributed by atoms with Gasteiger partial charge in [-0.2, -0.15) is 0 Å². The van der Waals surface area contributed by atoms with E-state index in [1.165, 1.54) is 25.5 Å². The van der Waals surface area contributed by atoms with Crippen LogP contribution in [0.25, 0.3) is 10.8 Å². The van der Waals surface area contributed by atoms with Crippen LogP contribution in [0.15, 0.2) is 12.3 Å². The van der Waals surface area contributed by atoms with Crippen molar-refractivity contribution in [1.29, 1.82) is 0 Å². The zero-order chi connectivity index (χ0) is 13.4. The standard InChI is InChI=1S/C15H17NO3/c1-18-14-12(17)7-9-8-16-11-6-4-3-5-10(11)13(9)15(14)19-2/h7-8,17H,3-6H2,1-2H3. The van der Waals surface area contributed by atoms with Gasteiger partial charge in [0.2, 0.25) is 5.75 Å². The lowest BCUT2D eigenvalue weighted by Crippen LogP contribution is -2.07. The quantitative estimate of drug-likeness (QED) is 0.901. The van der Waals surface area contributed by atoms with Crippen molar-refractivity contribution in [3.05, 3.63) is 23.5 Å². The van der Waals surface area contributed by atoms with Crippen LogP contribution in [-0.4, -0.2) is 24.3 Å². The molecule has 19 heavy (non-hydrogen) atoms. The van der Waals surface area contributed by atoms with Gasteiger partial charge in [0.15, 0.2) is 11.5 Å². The highest BCUT2D eigenvalue weighted by Crippen LogP contribution is 2.45. The van der Waals surface area contributed by atoms with Crippen LogP contribution in [0.2, 0.25) is 0 Å². The lowest BCUT2D eigenvalue weighted by molar-refractivity contribution is 0.336. The smallest absolute Gasteiger partial charge is 0.203 e. The summed E-state index contributed by atoms with van der Waals surface area (Å²) in [5, 5.41) is 11.9. The molecular formula is C15H17NO3. The van der Waals surface area contributed by atoms with Crippen LogP contribution < -0.4 is 9.47 Å². The monoisotopic (exact) mass is 259 g/mol. The third-order valence-electron chi connectivity index (χ3n) is 3.76. The Kier molecular flexibility index (Phi) is 2.93. The molecule has 0 amide bonds. The van der Waals surface area contributed by atoms with Crippen molar-refractivity contribution in [1.82, 2.24) is 4.98 Å². The maximum absolute atomic E-state index is 9.99. The van der Waals surface area contributed by atoms with Crippen LogP contribution in [0.1, 0.15) is 24.1 Å². The number of hydrogen-bond acceptors (Lipinski definition) is 4. The van der Waals surface area contributed by atoms with E-state index in [1.807, 2.05) is 0 Å². The molecule has 0 fully saturated rings. The number of fused-ring (bicyclic) bond motifs is 3. The molecule has 0 atom stereocenters. The Balaban J connectivity index is 2.40. The molecule has 100 valence electrons. The van der Waals surface area contributed by atoms with E-state index in [9.17, 15) is 5.11 Å². The first kappa shape index (κ1) is 12.1. The molecule has 0 saturated carbocycles. The number of phenols is 1. The van der Waals surface area contributed by atoms with Crippen molar-refractivity contribution in [2.75, 3.05) is 14.2 Å². The van der Waals surface area contributed by atoms with Gasteiger partial charge in [-0.15, -0.1) is 0 Å². The van der Waals surface area contributed by atoms with Crippen LogP contribution in [-0.2, 0) is 12.8 Å². The number of aromatic nitrogens is 1. The number of methoxy groups -OCH3 is 2. The molecule has 4 nitrogen and oxygen atoms in total. The van der Waals surface area contributed by atoms with Crippen molar-refractivity contribution in [2.45, 2.75) is 25.7 Å². The minimum absolute atomic E-state index is 0.0874. The van der Waals surface area contributed by atoms with Gasteiger partial charge in [-0.3, -0.25) is 4.98 Å². The van der Waals surface area contributed by atoms with Gasteiger partial charge < -0.3 is 14.6 Å². The van der Waals surface area contributed by atoms with Gasteiger partial charge in [0.25, 0.3) is 0 Å². The molecule has 1 aromatic heterocycles. The number of aromatic hydroxyl groups is 1. The summed E-state index contributed by atoms with van der Waals surface area (Å²) in [7, 11) is 3.14. The molecule has 0 bridgehead atoms. The van der Waals surface area contributed by atoms with Gasteiger partial charge >= 0.3 is 0 Å². The van der Waals surface area contributed by atoms with Gasteiger partial charge in [-0.05, 0) is 37.3 Å². The van der Waals surface area contributed by atoms with Gasteiger partial charge in [-0.1, -0.05) is 0 Å². The minimum Gasteiger partial charge on any atom is -0.504 e. The fourth-order valence-electron chi connectivity index (χ4n) is 2.90. The molecule has 1 heterocycles. The lowest BCUT2D eigenvalue weighted by Gasteiger charge is -2.20. The summed E-state index contributed by atoms with van der Waals surface area (Å²) in [6, 6.07) is 1.69. The second-order valence-electron chi connectivity index (χ2n) is 4.82. The maximum Gasteiger partial charge on any atom is 0.203 e. The molecule has 0 spiro atoms. The summed E-state index contributed by atoms with van der Waals surface area (Å²) in [4.78, 5) is 4.51. The third-order valence-corrected chi connectivity index (χ3v) is 3.76. The second kappa shape index (κ2) is 4.61. The topological polar surface area (TPSA) is 51.6 Å². The summed E-state index contributed by atoms with van der Waals surface area (Å²) >= 11 is 0. The van der Waals surface area contributed by atoms with Crippen molar-refractivity contribution < 1.29 is 14.6 Å². The molecule has 1 aliphatic carbocycles. The number of hydrogen-bond donors (Lipinski definition) is 1. The highest BCUT2D eigenvalue weighted by Gasteiger charge is 2.21. The Morgan fingerprint density at radius 1 is 1.11 bits per heavy atom. The average Bonchev–Trinajstić information content (AvgIpc) is 2.45. The van der Waals surface area contributed by atoms with Crippen LogP contribution >= 0.6 is 0 Å². The minimum atomic E-state index is 0.0874. The van der Waals surface area contributed by atoms with E-state index in [4.69, 9.17) is 9.47 Å². The highest BCUT2D eigenvalue weighted by molar-refractivity contribution is 5.95. The number of phenolic OH excluding ortho intramolecular Hbond substituents is 1. The van der Waals surface area contributed by atoms with Gasteiger partial charge in [0.05, 0.1) is 14.2 Å². The largest absolute Gasteiger partial charge is 0.504 e. The molecular weight excluding hydrogens is 242 g/mol. The first-order valence-electron chi connectivity index (χ1n) is 6.50. The number of rotatable bonds is 2. The normalized spacial score (nSPS) is 14.2. The Morgan fingerprint density at radius 3 is 2.58 bits per heavy atom. The summed E-state index contributed by atoms with van der Waals surface area (Å²) < 4.78 is 10.8. The van der Waals surface area contributed by atoms with Crippen LogP contribution in [0.4, 0.5) is 0 Å². The van der Waals surface area contributed by atoms with E-state index in [2.05, 4.69) is 4.98 Å². The molecule has 3 rings (SSSR count). The van der Waals surface area contributed by atoms with E-state index in [-0.39, 0.29) is 5.75 Å². The van der Waals surface area contributed by atoms with Gasteiger partial charge in [0, 0.05) is 22.7 Å². The van der Waals surface area contributed by atoms with E-state index < -0.39 is 0 Å². The maximum atomic E-state index is 9.99. The summed E-state index contributed by atoms with van der Waals surface area (Å²) in [6.07, 6.45) is 6.17. The Hall–Kier alpha value is -1.97. The van der Waals surface area contributed by atoms with E-state index in [0.29, 0.717) is 11.5 Å². The van der Waals surface area contributed by atoms with Crippen molar-refractivity contribution in [3.63, 3.8) is 0 Å².